The van der Waals surface area contributed by atoms with E-state index < -0.39 is 6.04 Å². The summed E-state index contributed by atoms with van der Waals surface area (Å²) in [5, 5.41) is 6.30. The molecule has 2 aromatic rings. The number of carbonyl (C=O) groups excluding carboxylic acids is 3. The fourth-order valence-electron chi connectivity index (χ4n) is 3.00. The molecular formula is C22H25Cl2N3O3. The summed E-state index contributed by atoms with van der Waals surface area (Å²) in [6.07, 6.45) is 0.745. The molecule has 8 heteroatoms. The van der Waals surface area contributed by atoms with Crippen LogP contribution in [0.15, 0.2) is 48.5 Å². The number of rotatable bonds is 9. The van der Waals surface area contributed by atoms with E-state index in [4.69, 9.17) is 23.2 Å². The third-order valence-corrected chi connectivity index (χ3v) is 4.89. The maximum Gasteiger partial charge on any atom is 0.244 e. The standard InChI is InChI=1S/C22H25Cl2N3O3/c1-3-11-27(14-21(29)26-19-10-9-17(23)12-18(19)24)22(30)13-20(25-15(2)28)16-7-5-4-6-8-16/h4-10,12,20H,3,11,13-14H2,1-2H3,(H,25,28)(H,26,29)/t20-/m0/s1. The first-order valence-corrected chi connectivity index (χ1v) is 10.4. The van der Waals surface area contributed by atoms with E-state index in [0.29, 0.717) is 28.7 Å². The van der Waals surface area contributed by atoms with E-state index in [0.717, 1.165) is 5.56 Å². The maximum atomic E-state index is 12.9. The van der Waals surface area contributed by atoms with Crippen molar-refractivity contribution in [2.45, 2.75) is 32.7 Å². The Hall–Kier alpha value is -2.57. The Bertz CT molecular complexity index is 890. The molecule has 2 aromatic carbocycles. The molecule has 0 unspecified atom stereocenters. The molecule has 6 nitrogen and oxygen atoms in total. The van der Waals surface area contributed by atoms with Crippen LogP contribution in [0, 0.1) is 0 Å². The van der Waals surface area contributed by atoms with Crippen LogP contribution in [0.25, 0.3) is 0 Å². The van der Waals surface area contributed by atoms with Crippen molar-refractivity contribution >= 4 is 46.6 Å². The second kappa shape index (κ2) is 11.6. The Labute approximate surface area is 186 Å². The van der Waals surface area contributed by atoms with Gasteiger partial charge in [0.2, 0.25) is 17.7 Å². The molecule has 0 aliphatic rings. The first kappa shape index (κ1) is 23.7. The molecule has 0 radical (unpaired) electrons. The Morgan fingerprint density at radius 2 is 1.77 bits per heavy atom. The van der Waals surface area contributed by atoms with E-state index in [9.17, 15) is 14.4 Å². The maximum absolute atomic E-state index is 12.9. The molecule has 3 amide bonds. The summed E-state index contributed by atoms with van der Waals surface area (Å²) in [4.78, 5) is 38.6. The molecular weight excluding hydrogens is 425 g/mol. The van der Waals surface area contributed by atoms with E-state index in [1.165, 1.54) is 17.9 Å². The number of amides is 3. The monoisotopic (exact) mass is 449 g/mol. The zero-order valence-corrected chi connectivity index (χ0v) is 18.5. The van der Waals surface area contributed by atoms with E-state index >= 15 is 0 Å². The lowest BCUT2D eigenvalue weighted by molar-refractivity contribution is -0.135. The fourth-order valence-corrected chi connectivity index (χ4v) is 3.46. The molecule has 0 bridgehead atoms. The van der Waals surface area contributed by atoms with E-state index in [1.807, 2.05) is 37.3 Å². The van der Waals surface area contributed by atoms with Gasteiger partial charge in [0.05, 0.1) is 29.7 Å². The molecule has 160 valence electrons. The highest BCUT2D eigenvalue weighted by molar-refractivity contribution is 6.36. The summed E-state index contributed by atoms with van der Waals surface area (Å²) in [6, 6.07) is 13.6. The van der Waals surface area contributed by atoms with Crippen molar-refractivity contribution in [3.63, 3.8) is 0 Å². The Morgan fingerprint density at radius 1 is 1.07 bits per heavy atom. The Kier molecular flexibility index (Phi) is 9.15. The highest BCUT2D eigenvalue weighted by Gasteiger charge is 2.23. The third kappa shape index (κ3) is 7.35. The van der Waals surface area contributed by atoms with Crippen molar-refractivity contribution in [3.05, 3.63) is 64.1 Å². The molecule has 0 spiro atoms. The minimum atomic E-state index is -0.468. The van der Waals surface area contributed by atoms with Crippen molar-refractivity contribution in [2.75, 3.05) is 18.4 Å². The lowest BCUT2D eigenvalue weighted by atomic mass is 10.0. The zero-order chi connectivity index (χ0) is 22.1. The van der Waals surface area contributed by atoms with Gasteiger partial charge in [0, 0.05) is 18.5 Å². The van der Waals surface area contributed by atoms with Gasteiger partial charge in [-0.2, -0.15) is 0 Å². The third-order valence-electron chi connectivity index (χ3n) is 4.34. The number of halogens is 2. The lowest BCUT2D eigenvalue weighted by Crippen LogP contribution is -2.40. The van der Waals surface area contributed by atoms with Crippen molar-refractivity contribution in [2.24, 2.45) is 0 Å². The molecule has 0 saturated heterocycles. The number of benzene rings is 2. The van der Waals surface area contributed by atoms with Gasteiger partial charge in [0.25, 0.3) is 0 Å². The van der Waals surface area contributed by atoms with E-state index in [1.54, 1.807) is 12.1 Å². The zero-order valence-electron chi connectivity index (χ0n) is 17.0. The normalized spacial score (nSPS) is 11.5. The van der Waals surface area contributed by atoms with Crippen LogP contribution in [0.4, 0.5) is 5.69 Å². The summed E-state index contributed by atoms with van der Waals surface area (Å²) >= 11 is 12.0. The van der Waals surface area contributed by atoms with Crippen molar-refractivity contribution in [3.8, 4) is 0 Å². The van der Waals surface area contributed by atoms with Crippen LogP contribution in [0.2, 0.25) is 10.0 Å². The average molecular weight is 450 g/mol. The summed E-state index contributed by atoms with van der Waals surface area (Å²) in [6.45, 7) is 3.64. The van der Waals surface area contributed by atoms with E-state index in [2.05, 4.69) is 10.6 Å². The van der Waals surface area contributed by atoms with Gasteiger partial charge in [-0.05, 0) is 30.2 Å². The van der Waals surface area contributed by atoms with Crippen LogP contribution in [0.3, 0.4) is 0 Å². The lowest BCUT2D eigenvalue weighted by Gasteiger charge is -2.25. The summed E-state index contributed by atoms with van der Waals surface area (Å²) in [5.41, 5.74) is 1.25. The van der Waals surface area contributed by atoms with Gasteiger partial charge in [-0.3, -0.25) is 14.4 Å². The summed E-state index contributed by atoms with van der Waals surface area (Å²) in [7, 11) is 0. The highest BCUT2D eigenvalue weighted by Crippen LogP contribution is 2.25. The van der Waals surface area contributed by atoms with Crippen LogP contribution in [0.5, 0.6) is 0 Å². The summed E-state index contributed by atoms with van der Waals surface area (Å²) in [5.74, 6) is -0.817. The van der Waals surface area contributed by atoms with Gasteiger partial charge in [-0.25, -0.2) is 0 Å². The minimum Gasteiger partial charge on any atom is -0.349 e. The molecule has 2 rings (SSSR count). The van der Waals surface area contributed by atoms with Gasteiger partial charge >= 0.3 is 0 Å². The van der Waals surface area contributed by atoms with Gasteiger partial charge in [0.1, 0.15) is 0 Å². The van der Waals surface area contributed by atoms with Crippen LogP contribution in [-0.2, 0) is 14.4 Å². The molecule has 0 aliphatic heterocycles. The Morgan fingerprint density at radius 3 is 2.37 bits per heavy atom. The number of hydrogen-bond acceptors (Lipinski definition) is 3. The van der Waals surface area contributed by atoms with Crippen LogP contribution in [-0.4, -0.2) is 35.7 Å². The SMILES string of the molecule is CCCN(CC(=O)Nc1ccc(Cl)cc1Cl)C(=O)C[C@H](NC(C)=O)c1ccccc1. The largest absolute Gasteiger partial charge is 0.349 e. The average Bonchev–Trinajstić information content (AvgIpc) is 2.69. The van der Waals surface area contributed by atoms with Gasteiger partial charge in [0.15, 0.2) is 0 Å². The predicted octanol–water partition coefficient (Wildman–Crippen LogP) is 4.44. The molecule has 30 heavy (non-hydrogen) atoms. The van der Waals surface area contributed by atoms with Crippen molar-refractivity contribution in [1.82, 2.24) is 10.2 Å². The van der Waals surface area contributed by atoms with Crippen molar-refractivity contribution in [1.29, 1.82) is 0 Å². The van der Waals surface area contributed by atoms with Gasteiger partial charge in [-0.1, -0.05) is 60.5 Å². The number of nitrogens with one attached hydrogen (secondary N) is 2. The highest BCUT2D eigenvalue weighted by atomic mass is 35.5. The molecule has 0 saturated carbocycles. The molecule has 2 N–H and O–H groups in total. The van der Waals surface area contributed by atoms with Gasteiger partial charge < -0.3 is 15.5 Å². The van der Waals surface area contributed by atoms with Crippen molar-refractivity contribution < 1.29 is 14.4 Å². The topological polar surface area (TPSA) is 78.5 Å². The molecule has 0 fully saturated rings. The molecule has 0 aliphatic carbocycles. The smallest absolute Gasteiger partial charge is 0.244 e. The first-order chi connectivity index (χ1) is 14.3. The van der Waals surface area contributed by atoms with Crippen LogP contribution in [0.1, 0.15) is 38.3 Å². The number of hydrogen-bond donors (Lipinski definition) is 2. The molecule has 0 aromatic heterocycles. The van der Waals surface area contributed by atoms with Crippen LogP contribution < -0.4 is 10.6 Å². The second-order valence-corrected chi connectivity index (χ2v) is 7.70. The minimum absolute atomic E-state index is 0.0541. The number of anilines is 1. The van der Waals surface area contributed by atoms with Crippen LogP contribution >= 0.6 is 23.2 Å². The molecule has 1 atom stereocenters. The van der Waals surface area contributed by atoms with E-state index in [-0.39, 0.29) is 30.7 Å². The first-order valence-electron chi connectivity index (χ1n) is 9.64. The van der Waals surface area contributed by atoms with Gasteiger partial charge in [-0.15, -0.1) is 0 Å². The number of carbonyl (C=O) groups is 3. The molecule has 0 heterocycles. The predicted molar refractivity (Wildman–Crippen MR) is 120 cm³/mol. The summed E-state index contributed by atoms with van der Waals surface area (Å²) < 4.78 is 0. The Balaban J connectivity index is 2.08. The number of nitrogens with zero attached hydrogens (tertiary/aromatic N) is 1. The quantitative estimate of drug-likeness (QED) is 0.593. The second-order valence-electron chi connectivity index (χ2n) is 6.86. The fraction of sp³-hybridized carbons (Fsp3) is 0.318.